The first-order valence-electron chi connectivity index (χ1n) is 3.96. The van der Waals surface area contributed by atoms with Crippen LogP contribution in [0.2, 0.25) is 0 Å². The van der Waals surface area contributed by atoms with E-state index >= 15 is 0 Å². The molecular formula is C8H17NO. The van der Waals surface area contributed by atoms with Crippen molar-refractivity contribution in [1.29, 1.82) is 0 Å². The highest BCUT2D eigenvalue weighted by Crippen LogP contribution is 2.34. The molecule has 0 unspecified atom stereocenters. The molecule has 2 nitrogen and oxygen atoms in total. The Bertz CT molecular complexity index is 122. The quantitative estimate of drug-likeness (QED) is 0.529. The number of hydrogen-bond acceptors (Lipinski definition) is 2. The van der Waals surface area contributed by atoms with Gasteiger partial charge in [0.25, 0.3) is 0 Å². The second-order valence-electron chi connectivity index (χ2n) is 4.05. The molecule has 3 N–H and O–H groups in total. The van der Waals surface area contributed by atoms with Crippen LogP contribution in [0.1, 0.15) is 33.1 Å². The Labute approximate surface area is 62.4 Å². The van der Waals surface area contributed by atoms with E-state index in [1.54, 1.807) is 0 Å². The largest absolute Gasteiger partial charge is 0.393 e. The van der Waals surface area contributed by atoms with Gasteiger partial charge in [0.05, 0.1) is 6.10 Å². The number of hydrogen-bond donors (Lipinski definition) is 2. The second kappa shape index (κ2) is 2.51. The summed E-state index contributed by atoms with van der Waals surface area (Å²) in [4.78, 5) is 0. The molecule has 2 atom stereocenters. The van der Waals surface area contributed by atoms with Gasteiger partial charge in [0, 0.05) is 6.04 Å². The predicted molar refractivity (Wildman–Crippen MR) is 41.6 cm³/mol. The summed E-state index contributed by atoms with van der Waals surface area (Å²) in [5, 5.41) is 9.50. The second-order valence-corrected chi connectivity index (χ2v) is 4.05. The summed E-state index contributed by atoms with van der Waals surface area (Å²) in [6.07, 6.45) is 2.65. The highest BCUT2D eigenvalue weighted by atomic mass is 16.3. The van der Waals surface area contributed by atoms with Gasteiger partial charge in [-0.15, -0.1) is 0 Å². The van der Waals surface area contributed by atoms with Gasteiger partial charge < -0.3 is 10.8 Å². The molecule has 0 aromatic carbocycles. The van der Waals surface area contributed by atoms with E-state index in [0.29, 0.717) is 6.04 Å². The molecule has 0 spiro atoms. The summed E-state index contributed by atoms with van der Waals surface area (Å²) in [5.41, 5.74) is 5.80. The van der Waals surface area contributed by atoms with Crippen molar-refractivity contribution >= 4 is 0 Å². The SMILES string of the molecule is CC1(C)C[C@H](N)CC[C@@H]1O. The fourth-order valence-corrected chi connectivity index (χ4v) is 1.68. The first-order chi connectivity index (χ1) is 4.52. The number of rotatable bonds is 0. The maximum absolute atomic E-state index is 9.50. The van der Waals surface area contributed by atoms with Crippen molar-refractivity contribution in [3.8, 4) is 0 Å². The van der Waals surface area contributed by atoms with Crippen molar-refractivity contribution in [2.45, 2.75) is 45.3 Å². The van der Waals surface area contributed by atoms with Gasteiger partial charge in [0.15, 0.2) is 0 Å². The highest BCUT2D eigenvalue weighted by molar-refractivity contribution is 4.87. The Balaban J connectivity index is 2.55. The average molecular weight is 143 g/mol. The fraction of sp³-hybridized carbons (Fsp3) is 1.00. The molecule has 1 aliphatic rings. The maximum Gasteiger partial charge on any atom is 0.0592 e. The predicted octanol–water partition coefficient (Wildman–Crippen LogP) is 0.885. The van der Waals surface area contributed by atoms with Gasteiger partial charge in [0.2, 0.25) is 0 Å². The fourth-order valence-electron chi connectivity index (χ4n) is 1.68. The van der Waals surface area contributed by atoms with E-state index in [4.69, 9.17) is 5.73 Å². The summed E-state index contributed by atoms with van der Waals surface area (Å²) in [6.45, 7) is 4.16. The van der Waals surface area contributed by atoms with E-state index < -0.39 is 0 Å². The average Bonchev–Trinajstić information content (AvgIpc) is 1.78. The van der Waals surface area contributed by atoms with Crippen molar-refractivity contribution in [3.63, 3.8) is 0 Å². The van der Waals surface area contributed by atoms with E-state index in [2.05, 4.69) is 13.8 Å². The number of aliphatic hydroxyl groups is 1. The van der Waals surface area contributed by atoms with E-state index in [1.165, 1.54) is 0 Å². The summed E-state index contributed by atoms with van der Waals surface area (Å²) in [6, 6.07) is 0.304. The highest BCUT2D eigenvalue weighted by Gasteiger charge is 2.33. The van der Waals surface area contributed by atoms with Gasteiger partial charge in [0.1, 0.15) is 0 Å². The Kier molecular flexibility index (Phi) is 2.02. The summed E-state index contributed by atoms with van der Waals surface area (Å²) >= 11 is 0. The number of nitrogens with two attached hydrogens (primary N) is 1. The van der Waals surface area contributed by atoms with Crippen molar-refractivity contribution in [1.82, 2.24) is 0 Å². The van der Waals surface area contributed by atoms with Crippen LogP contribution >= 0.6 is 0 Å². The van der Waals surface area contributed by atoms with Crippen LogP contribution in [0.4, 0.5) is 0 Å². The Morgan fingerprint density at radius 2 is 2.00 bits per heavy atom. The van der Waals surface area contributed by atoms with E-state index in [0.717, 1.165) is 19.3 Å². The zero-order chi connectivity index (χ0) is 7.78. The van der Waals surface area contributed by atoms with E-state index in [-0.39, 0.29) is 11.5 Å². The van der Waals surface area contributed by atoms with E-state index in [1.807, 2.05) is 0 Å². The van der Waals surface area contributed by atoms with E-state index in [9.17, 15) is 5.11 Å². The standard InChI is InChI=1S/C8H17NO/c1-8(2)5-6(9)3-4-7(8)10/h6-7,10H,3-5,9H2,1-2H3/t6-,7+/m1/s1. The molecule has 0 radical (unpaired) electrons. The van der Waals surface area contributed by atoms with Gasteiger partial charge in [-0.05, 0) is 24.7 Å². The molecule has 1 rings (SSSR count). The molecule has 0 aliphatic heterocycles. The molecule has 0 bridgehead atoms. The Hall–Kier alpha value is -0.0800. The topological polar surface area (TPSA) is 46.2 Å². The molecule has 1 aliphatic carbocycles. The zero-order valence-electron chi connectivity index (χ0n) is 6.80. The van der Waals surface area contributed by atoms with Crippen LogP contribution in [0.15, 0.2) is 0 Å². The first-order valence-corrected chi connectivity index (χ1v) is 3.96. The molecule has 2 heteroatoms. The van der Waals surface area contributed by atoms with Crippen LogP contribution in [0.5, 0.6) is 0 Å². The van der Waals surface area contributed by atoms with Crippen molar-refractivity contribution in [3.05, 3.63) is 0 Å². The van der Waals surface area contributed by atoms with Crippen LogP contribution in [-0.4, -0.2) is 17.3 Å². The maximum atomic E-state index is 9.50. The molecule has 0 aromatic heterocycles. The minimum absolute atomic E-state index is 0.0394. The molecule has 0 saturated heterocycles. The third-order valence-electron chi connectivity index (χ3n) is 2.50. The third-order valence-corrected chi connectivity index (χ3v) is 2.50. The minimum atomic E-state index is -0.146. The normalized spacial score (nSPS) is 39.6. The molecule has 1 saturated carbocycles. The zero-order valence-corrected chi connectivity index (χ0v) is 6.80. The van der Waals surface area contributed by atoms with Crippen LogP contribution in [0.3, 0.4) is 0 Å². The van der Waals surface area contributed by atoms with Gasteiger partial charge in [-0.25, -0.2) is 0 Å². The van der Waals surface area contributed by atoms with Gasteiger partial charge in [-0.3, -0.25) is 0 Å². The van der Waals surface area contributed by atoms with Crippen molar-refractivity contribution < 1.29 is 5.11 Å². The lowest BCUT2D eigenvalue weighted by molar-refractivity contribution is 0.00674. The lowest BCUT2D eigenvalue weighted by atomic mass is 9.73. The van der Waals surface area contributed by atoms with Crippen molar-refractivity contribution in [2.75, 3.05) is 0 Å². The molecule has 10 heavy (non-hydrogen) atoms. The lowest BCUT2D eigenvalue weighted by Gasteiger charge is -2.38. The van der Waals surface area contributed by atoms with Crippen LogP contribution in [-0.2, 0) is 0 Å². The molecule has 0 amide bonds. The summed E-state index contributed by atoms with van der Waals surface area (Å²) < 4.78 is 0. The molecule has 1 fully saturated rings. The molecular weight excluding hydrogens is 126 g/mol. The van der Waals surface area contributed by atoms with Gasteiger partial charge in [-0.1, -0.05) is 13.8 Å². The lowest BCUT2D eigenvalue weighted by Crippen LogP contribution is -2.41. The Morgan fingerprint density at radius 3 is 2.40 bits per heavy atom. The summed E-state index contributed by atoms with van der Waals surface area (Å²) in [7, 11) is 0. The van der Waals surface area contributed by atoms with Crippen LogP contribution in [0, 0.1) is 5.41 Å². The molecule has 0 aromatic rings. The molecule has 60 valence electrons. The monoisotopic (exact) mass is 143 g/mol. The molecule has 0 heterocycles. The Morgan fingerprint density at radius 1 is 1.40 bits per heavy atom. The smallest absolute Gasteiger partial charge is 0.0592 e. The van der Waals surface area contributed by atoms with Gasteiger partial charge in [-0.2, -0.15) is 0 Å². The van der Waals surface area contributed by atoms with Crippen molar-refractivity contribution in [2.24, 2.45) is 11.1 Å². The third kappa shape index (κ3) is 1.50. The van der Waals surface area contributed by atoms with Gasteiger partial charge >= 0.3 is 0 Å². The van der Waals surface area contributed by atoms with Crippen LogP contribution < -0.4 is 5.73 Å². The first kappa shape index (κ1) is 8.02. The van der Waals surface area contributed by atoms with Crippen LogP contribution in [0.25, 0.3) is 0 Å². The summed E-state index contributed by atoms with van der Waals surface area (Å²) in [5.74, 6) is 0. The number of aliphatic hydroxyl groups excluding tert-OH is 1. The minimum Gasteiger partial charge on any atom is -0.393 e.